The fourth-order valence-electron chi connectivity index (χ4n) is 3.57. The third-order valence-electron chi connectivity index (χ3n) is 6.49. The van der Waals surface area contributed by atoms with Gasteiger partial charge in [0.1, 0.15) is 0 Å². The van der Waals surface area contributed by atoms with Gasteiger partial charge in [-0.15, -0.1) is 0 Å². The van der Waals surface area contributed by atoms with Crippen molar-refractivity contribution in [1.29, 1.82) is 0 Å². The van der Waals surface area contributed by atoms with Gasteiger partial charge in [-0.1, -0.05) is 86.5 Å². The van der Waals surface area contributed by atoms with Crippen LogP contribution in [0.3, 0.4) is 0 Å². The highest BCUT2D eigenvalue weighted by Gasteiger charge is 2.49. The first kappa shape index (κ1) is 16.1. The van der Waals surface area contributed by atoms with E-state index in [2.05, 4.69) is 41.5 Å². The molecule has 0 aliphatic heterocycles. The van der Waals surface area contributed by atoms with Gasteiger partial charge in [0.05, 0.1) is 0 Å². The normalized spacial score (nSPS) is 29.0. The lowest BCUT2D eigenvalue weighted by Crippen LogP contribution is -2.47. The fraction of sp³-hybridized carbons (Fsp3) is 1.00. The minimum absolute atomic E-state index is 0.470. The highest BCUT2D eigenvalue weighted by molar-refractivity contribution is 4.99. The maximum absolute atomic E-state index is 2.44. The molecule has 0 aromatic heterocycles. The fourth-order valence-corrected chi connectivity index (χ4v) is 3.57. The average Bonchev–Trinajstić information content (AvgIpc) is 2.29. The molecule has 0 bridgehead atoms. The maximum Gasteiger partial charge on any atom is -0.0252 e. The Morgan fingerprint density at radius 2 is 0.722 bits per heavy atom. The van der Waals surface area contributed by atoms with Gasteiger partial charge in [0.15, 0.2) is 0 Å². The standard InChI is InChI=1S/C12H24.C6H12/c1-10(2)8-7-9-11(3,4)12(10,5)6;1-2-4-6-5-3-1/h7-9H2,1-6H3;1-6H2. The minimum atomic E-state index is 0.470. The molecule has 0 heterocycles. The molecule has 2 aliphatic carbocycles. The van der Waals surface area contributed by atoms with E-state index >= 15 is 0 Å². The second-order valence-corrected chi connectivity index (χ2v) is 8.37. The summed E-state index contributed by atoms with van der Waals surface area (Å²) in [4.78, 5) is 0. The smallest absolute Gasteiger partial charge is 0.0252 e. The first-order chi connectivity index (χ1) is 8.21. The van der Waals surface area contributed by atoms with Crippen molar-refractivity contribution in [3.63, 3.8) is 0 Å². The summed E-state index contributed by atoms with van der Waals surface area (Å²) < 4.78 is 0. The second-order valence-electron chi connectivity index (χ2n) is 8.37. The summed E-state index contributed by atoms with van der Waals surface area (Å²) in [5, 5.41) is 0. The van der Waals surface area contributed by atoms with Gasteiger partial charge in [0.25, 0.3) is 0 Å². The monoisotopic (exact) mass is 252 g/mol. The van der Waals surface area contributed by atoms with Gasteiger partial charge in [0.2, 0.25) is 0 Å². The Bertz CT molecular complexity index is 211. The molecule has 2 fully saturated rings. The van der Waals surface area contributed by atoms with Crippen molar-refractivity contribution in [2.75, 3.05) is 0 Å². The summed E-state index contributed by atoms with van der Waals surface area (Å²) in [7, 11) is 0. The molecule has 0 aromatic carbocycles. The van der Waals surface area contributed by atoms with E-state index in [-0.39, 0.29) is 0 Å². The van der Waals surface area contributed by atoms with E-state index in [4.69, 9.17) is 0 Å². The van der Waals surface area contributed by atoms with Crippen LogP contribution in [0.25, 0.3) is 0 Å². The van der Waals surface area contributed by atoms with Crippen molar-refractivity contribution < 1.29 is 0 Å². The molecule has 0 unspecified atom stereocenters. The van der Waals surface area contributed by atoms with Crippen LogP contribution in [0.15, 0.2) is 0 Å². The van der Waals surface area contributed by atoms with Gasteiger partial charge in [0, 0.05) is 0 Å². The van der Waals surface area contributed by atoms with Crippen LogP contribution in [-0.4, -0.2) is 0 Å². The van der Waals surface area contributed by atoms with Crippen LogP contribution in [-0.2, 0) is 0 Å². The van der Waals surface area contributed by atoms with E-state index in [0.29, 0.717) is 16.2 Å². The molecule has 0 amide bonds. The van der Waals surface area contributed by atoms with Crippen LogP contribution in [0.1, 0.15) is 99.3 Å². The van der Waals surface area contributed by atoms with Gasteiger partial charge >= 0.3 is 0 Å². The van der Waals surface area contributed by atoms with Crippen LogP contribution in [0.2, 0.25) is 0 Å². The topological polar surface area (TPSA) is 0 Å². The maximum atomic E-state index is 2.44. The van der Waals surface area contributed by atoms with Crippen molar-refractivity contribution in [1.82, 2.24) is 0 Å². The lowest BCUT2D eigenvalue weighted by Gasteiger charge is -2.56. The zero-order chi connectivity index (χ0) is 13.9. The Morgan fingerprint density at radius 3 is 0.944 bits per heavy atom. The molecule has 0 N–H and O–H groups in total. The van der Waals surface area contributed by atoms with E-state index in [0.717, 1.165) is 0 Å². The Hall–Kier alpha value is 0. The number of hydrogen-bond donors (Lipinski definition) is 0. The number of hydrogen-bond acceptors (Lipinski definition) is 0. The zero-order valence-corrected chi connectivity index (χ0v) is 13.9. The molecule has 0 nitrogen and oxygen atoms in total. The van der Waals surface area contributed by atoms with Gasteiger partial charge in [-0.05, 0) is 29.1 Å². The molecule has 108 valence electrons. The highest BCUT2D eigenvalue weighted by Crippen LogP contribution is 2.59. The second kappa shape index (κ2) is 5.97. The predicted molar refractivity (Wildman–Crippen MR) is 82.9 cm³/mol. The van der Waals surface area contributed by atoms with Crippen LogP contribution in [0, 0.1) is 16.2 Å². The quantitative estimate of drug-likeness (QED) is 0.456. The molecule has 2 saturated carbocycles. The molecular formula is C18H36. The van der Waals surface area contributed by atoms with E-state index in [1.807, 2.05) is 0 Å². The summed E-state index contributed by atoms with van der Waals surface area (Å²) >= 11 is 0. The van der Waals surface area contributed by atoms with Gasteiger partial charge in [-0.3, -0.25) is 0 Å². The lowest BCUT2D eigenvalue weighted by molar-refractivity contribution is -0.0646. The Morgan fingerprint density at radius 1 is 0.444 bits per heavy atom. The average molecular weight is 252 g/mol. The summed E-state index contributed by atoms with van der Waals surface area (Å²) in [5.74, 6) is 0. The van der Waals surface area contributed by atoms with Crippen LogP contribution < -0.4 is 0 Å². The van der Waals surface area contributed by atoms with Crippen molar-refractivity contribution in [2.24, 2.45) is 16.2 Å². The summed E-state index contributed by atoms with van der Waals surface area (Å²) in [6.07, 6.45) is 13.2. The zero-order valence-electron chi connectivity index (χ0n) is 13.9. The molecule has 2 aliphatic rings. The molecule has 0 atom stereocenters. The summed E-state index contributed by atoms with van der Waals surface area (Å²) in [5.41, 5.74) is 1.49. The molecule has 0 radical (unpaired) electrons. The van der Waals surface area contributed by atoms with Crippen molar-refractivity contribution in [3.05, 3.63) is 0 Å². The third kappa shape index (κ3) is 3.52. The van der Waals surface area contributed by atoms with Crippen LogP contribution in [0.5, 0.6) is 0 Å². The van der Waals surface area contributed by atoms with E-state index in [1.54, 1.807) is 0 Å². The molecular weight excluding hydrogens is 216 g/mol. The van der Waals surface area contributed by atoms with Crippen molar-refractivity contribution in [3.8, 4) is 0 Å². The Labute approximate surface area is 116 Å². The van der Waals surface area contributed by atoms with Gasteiger partial charge in [-0.2, -0.15) is 0 Å². The highest BCUT2D eigenvalue weighted by atomic mass is 14.5. The molecule has 0 heteroatoms. The van der Waals surface area contributed by atoms with Crippen LogP contribution >= 0.6 is 0 Å². The van der Waals surface area contributed by atoms with Crippen molar-refractivity contribution >= 4 is 0 Å². The molecule has 2 rings (SSSR count). The van der Waals surface area contributed by atoms with E-state index < -0.39 is 0 Å². The minimum Gasteiger partial charge on any atom is -0.0594 e. The van der Waals surface area contributed by atoms with Crippen LogP contribution in [0.4, 0.5) is 0 Å². The predicted octanol–water partition coefficient (Wildman–Crippen LogP) is 6.59. The largest absolute Gasteiger partial charge is 0.0594 e. The number of rotatable bonds is 0. The van der Waals surface area contributed by atoms with E-state index in [1.165, 1.54) is 57.8 Å². The van der Waals surface area contributed by atoms with Gasteiger partial charge < -0.3 is 0 Å². The van der Waals surface area contributed by atoms with Crippen molar-refractivity contribution in [2.45, 2.75) is 99.3 Å². The van der Waals surface area contributed by atoms with E-state index in [9.17, 15) is 0 Å². The van der Waals surface area contributed by atoms with Gasteiger partial charge in [-0.25, -0.2) is 0 Å². The third-order valence-corrected chi connectivity index (χ3v) is 6.49. The summed E-state index contributed by atoms with van der Waals surface area (Å²) in [6, 6.07) is 0. The first-order valence-electron chi connectivity index (χ1n) is 8.21. The molecule has 0 aromatic rings. The summed E-state index contributed by atoms with van der Waals surface area (Å²) in [6.45, 7) is 14.6. The Kier molecular flexibility index (Phi) is 5.32. The molecule has 0 saturated heterocycles. The Balaban J connectivity index is 0.000000225. The first-order valence-corrected chi connectivity index (χ1v) is 8.21. The molecule has 18 heavy (non-hydrogen) atoms. The lowest BCUT2D eigenvalue weighted by atomic mass is 9.49. The SMILES string of the molecule is C1CCCCC1.CC1(C)CCCC(C)(C)C1(C)C. The molecule has 0 spiro atoms.